The fourth-order valence-electron chi connectivity index (χ4n) is 6.07. The fourth-order valence-corrected chi connectivity index (χ4v) is 6.07. The maximum absolute atomic E-state index is 5.92. The van der Waals surface area contributed by atoms with Gasteiger partial charge < -0.3 is 10.6 Å². The molecule has 39 heavy (non-hydrogen) atoms. The van der Waals surface area contributed by atoms with Crippen LogP contribution in [-0.2, 0) is 5.41 Å². The molecule has 1 aliphatic carbocycles. The average molecular weight is 503 g/mol. The van der Waals surface area contributed by atoms with Gasteiger partial charge in [-0.3, -0.25) is 0 Å². The van der Waals surface area contributed by atoms with Gasteiger partial charge in [-0.15, -0.1) is 0 Å². The van der Waals surface area contributed by atoms with Crippen molar-refractivity contribution in [2.45, 2.75) is 19.3 Å². The van der Waals surface area contributed by atoms with Crippen molar-refractivity contribution < 1.29 is 0 Å². The van der Waals surface area contributed by atoms with Crippen LogP contribution < -0.4 is 10.6 Å². The second-order valence-electron chi connectivity index (χ2n) is 10.9. The largest absolute Gasteiger partial charge is 0.399 e. The highest BCUT2D eigenvalue weighted by Crippen LogP contribution is 2.50. The van der Waals surface area contributed by atoms with E-state index in [0.29, 0.717) is 0 Å². The predicted molar refractivity (Wildman–Crippen MR) is 166 cm³/mol. The van der Waals surface area contributed by atoms with Crippen LogP contribution in [0.25, 0.3) is 33.0 Å². The Kier molecular flexibility index (Phi) is 5.31. The smallest absolute Gasteiger partial charge is 0.0468 e. The van der Waals surface area contributed by atoms with Gasteiger partial charge in [-0.25, -0.2) is 0 Å². The van der Waals surface area contributed by atoms with Gasteiger partial charge >= 0.3 is 0 Å². The van der Waals surface area contributed by atoms with Crippen molar-refractivity contribution in [2.24, 2.45) is 0 Å². The van der Waals surface area contributed by atoms with E-state index in [4.69, 9.17) is 5.73 Å². The lowest BCUT2D eigenvalue weighted by molar-refractivity contribution is 0.660. The number of anilines is 4. The van der Waals surface area contributed by atoms with E-state index in [1.807, 2.05) is 12.1 Å². The lowest BCUT2D eigenvalue weighted by Crippen LogP contribution is -2.16. The first-order chi connectivity index (χ1) is 19.0. The molecule has 0 heterocycles. The number of rotatable bonds is 4. The molecule has 0 bridgehead atoms. The Balaban J connectivity index is 1.37. The van der Waals surface area contributed by atoms with Gasteiger partial charge in [0.2, 0.25) is 0 Å². The zero-order valence-corrected chi connectivity index (χ0v) is 22.2. The molecule has 0 radical (unpaired) electrons. The predicted octanol–water partition coefficient (Wildman–Crippen LogP) is 9.87. The lowest BCUT2D eigenvalue weighted by Gasteiger charge is -2.28. The summed E-state index contributed by atoms with van der Waals surface area (Å²) in [5.41, 5.74) is 17.8. The van der Waals surface area contributed by atoms with Crippen molar-refractivity contribution in [2.75, 3.05) is 10.6 Å². The zero-order chi connectivity index (χ0) is 26.6. The van der Waals surface area contributed by atoms with E-state index in [1.165, 1.54) is 38.6 Å². The molecule has 0 atom stereocenters. The Morgan fingerprint density at radius 3 is 1.82 bits per heavy atom. The number of benzene rings is 6. The molecule has 0 amide bonds. The number of hydrogen-bond donors (Lipinski definition) is 1. The monoisotopic (exact) mass is 502 g/mol. The Hall–Kier alpha value is -4.82. The van der Waals surface area contributed by atoms with Crippen molar-refractivity contribution in [1.82, 2.24) is 0 Å². The van der Waals surface area contributed by atoms with Crippen LogP contribution in [0.2, 0.25) is 0 Å². The van der Waals surface area contributed by atoms with Gasteiger partial charge in [-0.1, -0.05) is 98.8 Å². The first-order valence-electron chi connectivity index (χ1n) is 13.5. The highest BCUT2D eigenvalue weighted by Gasteiger charge is 2.35. The van der Waals surface area contributed by atoms with E-state index < -0.39 is 0 Å². The fraction of sp³-hybridized carbons (Fsp3) is 0.0811. The van der Waals surface area contributed by atoms with E-state index in [9.17, 15) is 0 Å². The molecule has 0 saturated carbocycles. The van der Waals surface area contributed by atoms with Crippen LogP contribution in [0, 0.1) is 0 Å². The molecule has 6 aromatic carbocycles. The van der Waals surface area contributed by atoms with Crippen LogP contribution in [0.1, 0.15) is 25.0 Å². The second kappa shape index (κ2) is 8.89. The van der Waals surface area contributed by atoms with Gasteiger partial charge in [0, 0.05) is 28.2 Å². The molecule has 0 unspecified atom stereocenters. The summed E-state index contributed by atoms with van der Waals surface area (Å²) in [6.07, 6.45) is 0. The normalized spacial score (nSPS) is 13.2. The second-order valence-corrected chi connectivity index (χ2v) is 10.9. The summed E-state index contributed by atoms with van der Waals surface area (Å²) in [7, 11) is 0. The third kappa shape index (κ3) is 3.88. The van der Waals surface area contributed by atoms with Crippen LogP contribution in [0.4, 0.5) is 22.7 Å². The van der Waals surface area contributed by atoms with Crippen molar-refractivity contribution in [1.29, 1.82) is 0 Å². The van der Waals surface area contributed by atoms with Crippen LogP contribution in [0.5, 0.6) is 0 Å². The highest BCUT2D eigenvalue weighted by molar-refractivity contribution is 5.91. The summed E-state index contributed by atoms with van der Waals surface area (Å²) in [6, 6.07) is 47.9. The molecule has 0 saturated heterocycles. The lowest BCUT2D eigenvalue weighted by atomic mass is 9.82. The van der Waals surface area contributed by atoms with E-state index >= 15 is 0 Å². The van der Waals surface area contributed by atoms with Crippen LogP contribution >= 0.6 is 0 Å². The van der Waals surface area contributed by atoms with Crippen molar-refractivity contribution in [3.8, 4) is 22.3 Å². The highest BCUT2D eigenvalue weighted by atomic mass is 15.1. The van der Waals surface area contributed by atoms with E-state index in [2.05, 4.69) is 140 Å². The molecular weight excluding hydrogens is 472 g/mol. The molecule has 7 rings (SSSR count). The average Bonchev–Trinajstić information content (AvgIpc) is 3.20. The van der Waals surface area contributed by atoms with Crippen molar-refractivity contribution in [3.05, 3.63) is 145 Å². The SMILES string of the molecule is CC1(C)c2ccccc2-c2ccc(N(c3ccc(-c4ccc(N)cc4)cc3)c3ccc4ccccc4c3)cc21. The van der Waals surface area contributed by atoms with Crippen molar-refractivity contribution >= 4 is 33.5 Å². The van der Waals surface area contributed by atoms with Crippen LogP contribution in [-0.4, -0.2) is 0 Å². The van der Waals surface area contributed by atoms with Gasteiger partial charge in [-0.05, 0) is 92.7 Å². The van der Waals surface area contributed by atoms with E-state index in [0.717, 1.165) is 28.3 Å². The third-order valence-corrected chi connectivity index (χ3v) is 8.19. The quantitative estimate of drug-likeness (QED) is 0.243. The Bertz CT molecular complexity index is 1830. The van der Waals surface area contributed by atoms with E-state index in [-0.39, 0.29) is 5.41 Å². The summed E-state index contributed by atoms with van der Waals surface area (Å²) in [5.74, 6) is 0. The number of nitrogens with two attached hydrogens (primary N) is 1. The maximum Gasteiger partial charge on any atom is 0.0468 e. The minimum atomic E-state index is -0.0595. The molecular formula is C37H30N2. The van der Waals surface area contributed by atoms with Gasteiger partial charge in [-0.2, -0.15) is 0 Å². The molecule has 2 nitrogen and oxygen atoms in total. The Morgan fingerprint density at radius 1 is 0.487 bits per heavy atom. The van der Waals surface area contributed by atoms with Gasteiger partial charge in [0.1, 0.15) is 0 Å². The number of fused-ring (bicyclic) bond motifs is 4. The Morgan fingerprint density at radius 2 is 1.05 bits per heavy atom. The molecule has 0 aliphatic heterocycles. The molecule has 2 N–H and O–H groups in total. The molecule has 1 aliphatic rings. The van der Waals surface area contributed by atoms with Gasteiger partial charge in [0.15, 0.2) is 0 Å². The summed E-state index contributed by atoms with van der Waals surface area (Å²) >= 11 is 0. The summed E-state index contributed by atoms with van der Waals surface area (Å²) < 4.78 is 0. The number of hydrogen-bond acceptors (Lipinski definition) is 2. The minimum absolute atomic E-state index is 0.0595. The molecule has 0 fully saturated rings. The third-order valence-electron chi connectivity index (χ3n) is 8.19. The maximum atomic E-state index is 5.92. The first-order valence-corrected chi connectivity index (χ1v) is 13.5. The standard InChI is InChI=1S/C37H30N2/c1-37(2)35-10-6-5-9-33(35)34-22-21-32(24-36(34)37)39(31-20-15-25-7-3-4-8-28(25)23-31)30-18-13-27(14-19-30)26-11-16-29(38)17-12-26/h3-24H,38H2,1-2H3. The molecule has 0 spiro atoms. The summed E-state index contributed by atoms with van der Waals surface area (Å²) in [4.78, 5) is 2.37. The topological polar surface area (TPSA) is 29.3 Å². The first kappa shape index (κ1) is 23.3. The van der Waals surface area contributed by atoms with Gasteiger partial charge in [0.25, 0.3) is 0 Å². The summed E-state index contributed by atoms with van der Waals surface area (Å²) in [6.45, 7) is 4.67. The Labute approximate surface area is 230 Å². The van der Waals surface area contributed by atoms with E-state index in [1.54, 1.807) is 0 Å². The molecule has 0 aromatic heterocycles. The molecule has 2 heteroatoms. The van der Waals surface area contributed by atoms with Crippen LogP contribution in [0.3, 0.4) is 0 Å². The minimum Gasteiger partial charge on any atom is -0.399 e. The summed E-state index contributed by atoms with van der Waals surface area (Å²) in [5, 5.41) is 2.47. The zero-order valence-electron chi connectivity index (χ0n) is 22.2. The van der Waals surface area contributed by atoms with Gasteiger partial charge in [0.05, 0.1) is 0 Å². The number of nitrogens with zero attached hydrogens (tertiary/aromatic N) is 1. The van der Waals surface area contributed by atoms with Crippen LogP contribution in [0.15, 0.2) is 133 Å². The van der Waals surface area contributed by atoms with Crippen molar-refractivity contribution in [3.63, 3.8) is 0 Å². The number of nitrogen functional groups attached to an aromatic ring is 1. The molecule has 188 valence electrons. The molecule has 6 aromatic rings.